The van der Waals surface area contributed by atoms with Crippen molar-refractivity contribution < 1.29 is 9.84 Å². The first-order chi connectivity index (χ1) is 7.77. The standard InChI is InChI=1S/C12H20N2O2/c1-10-8-11(12(16-2)9-14-10)13-6-4-3-5-7-15/h8-9,15H,3-7H2,1-2H3,(H,13,14). The molecule has 1 heterocycles. The Kier molecular flexibility index (Phi) is 5.64. The molecule has 2 N–H and O–H groups in total. The second-order valence-electron chi connectivity index (χ2n) is 3.74. The monoisotopic (exact) mass is 224 g/mol. The molecule has 4 heteroatoms. The van der Waals surface area contributed by atoms with Crippen molar-refractivity contribution in [2.24, 2.45) is 0 Å². The molecule has 0 aliphatic carbocycles. The molecule has 0 unspecified atom stereocenters. The smallest absolute Gasteiger partial charge is 0.160 e. The first kappa shape index (κ1) is 12.8. The van der Waals surface area contributed by atoms with Gasteiger partial charge in [-0.2, -0.15) is 0 Å². The molecular weight excluding hydrogens is 204 g/mol. The third kappa shape index (κ3) is 4.06. The van der Waals surface area contributed by atoms with Crippen LogP contribution in [0.1, 0.15) is 25.0 Å². The van der Waals surface area contributed by atoms with E-state index in [1.165, 1.54) is 0 Å². The van der Waals surface area contributed by atoms with E-state index in [9.17, 15) is 0 Å². The number of aliphatic hydroxyl groups is 1. The maximum absolute atomic E-state index is 8.65. The number of aromatic nitrogens is 1. The number of hydrogen-bond donors (Lipinski definition) is 2. The summed E-state index contributed by atoms with van der Waals surface area (Å²) in [5.74, 6) is 0.771. The van der Waals surface area contributed by atoms with Gasteiger partial charge in [-0.15, -0.1) is 0 Å². The van der Waals surface area contributed by atoms with E-state index in [4.69, 9.17) is 9.84 Å². The van der Waals surface area contributed by atoms with Crippen LogP contribution in [-0.4, -0.2) is 30.4 Å². The largest absolute Gasteiger partial charge is 0.493 e. The van der Waals surface area contributed by atoms with Gasteiger partial charge in [-0.25, -0.2) is 0 Å². The maximum Gasteiger partial charge on any atom is 0.160 e. The number of ether oxygens (including phenoxy) is 1. The molecule has 0 spiro atoms. The van der Waals surface area contributed by atoms with E-state index in [0.717, 1.165) is 42.9 Å². The molecular formula is C12H20N2O2. The Bertz CT molecular complexity index is 316. The predicted octanol–water partition coefficient (Wildman–Crippen LogP) is 1.97. The quantitative estimate of drug-likeness (QED) is 0.695. The van der Waals surface area contributed by atoms with Gasteiger partial charge in [0.2, 0.25) is 0 Å². The lowest BCUT2D eigenvalue weighted by Gasteiger charge is -2.11. The van der Waals surface area contributed by atoms with Crippen molar-refractivity contribution in [3.63, 3.8) is 0 Å². The third-order valence-electron chi connectivity index (χ3n) is 2.37. The lowest BCUT2D eigenvalue weighted by molar-refractivity contribution is 0.283. The summed E-state index contributed by atoms with van der Waals surface area (Å²) in [4.78, 5) is 4.17. The second-order valence-corrected chi connectivity index (χ2v) is 3.74. The molecule has 0 atom stereocenters. The van der Waals surface area contributed by atoms with Gasteiger partial charge in [0, 0.05) is 18.8 Å². The minimum absolute atomic E-state index is 0.275. The fourth-order valence-electron chi connectivity index (χ4n) is 1.48. The number of nitrogens with zero attached hydrogens (tertiary/aromatic N) is 1. The van der Waals surface area contributed by atoms with Crippen molar-refractivity contribution in [3.05, 3.63) is 18.0 Å². The maximum atomic E-state index is 8.65. The average molecular weight is 224 g/mol. The zero-order chi connectivity index (χ0) is 11.8. The summed E-state index contributed by atoms with van der Waals surface area (Å²) < 4.78 is 5.21. The Morgan fingerprint density at radius 3 is 2.88 bits per heavy atom. The molecule has 0 aliphatic heterocycles. The van der Waals surface area contributed by atoms with Gasteiger partial charge in [-0.1, -0.05) is 0 Å². The van der Waals surface area contributed by atoms with Gasteiger partial charge in [0.05, 0.1) is 19.0 Å². The number of hydrogen-bond acceptors (Lipinski definition) is 4. The molecule has 0 aromatic carbocycles. The number of rotatable bonds is 7. The zero-order valence-electron chi connectivity index (χ0n) is 9.99. The highest BCUT2D eigenvalue weighted by Gasteiger charge is 2.02. The molecule has 0 amide bonds. The van der Waals surface area contributed by atoms with Crippen LogP contribution in [0.5, 0.6) is 5.75 Å². The predicted molar refractivity (Wildman–Crippen MR) is 65.0 cm³/mol. The second kappa shape index (κ2) is 7.06. The van der Waals surface area contributed by atoms with Crippen LogP contribution in [-0.2, 0) is 0 Å². The molecule has 16 heavy (non-hydrogen) atoms. The van der Waals surface area contributed by atoms with Crippen LogP contribution in [0.15, 0.2) is 12.3 Å². The van der Waals surface area contributed by atoms with Crippen molar-refractivity contribution in [1.82, 2.24) is 4.98 Å². The van der Waals surface area contributed by atoms with E-state index in [0.29, 0.717) is 0 Å². The van der Waals surface area contributed by atoms with E-state index in [-0.39, 0.29) is 6.61 Å². The van der Waals surface area contributed by atoms with Crippen molar-refractivity contribution in [2.45, 2.75) is 26.2 Å². The van der Waals surface area contributed by atoms with Crippen LogP contribution < -0.4 is 10.1 Å². The Labute approximate surface area is 96.7 Å². The van der Waals surface area contributed by atoms with Crippen LogP contribution in [0.4, 0.5) is 5.69 Å². The number of aliphatic hydroxyl groups excluding tert-OH is 1. The SMILES string of the molecule is COc1cnc(C)cc1NCCCCCO. The summed E-state index contributed by atoms with van der Waals surface area (Å²) in [7, 11) is 1.64. The fourth-order valence-corrected chi connectivity index (χ4v) is 1.48. The Morgan fingerprint density at radius 2 is 2.19 bits per heavy atom. The Balaban J connectivity index is 2.42. The summed E-state index contributed by atoms with van der Waals surface area (Å²) >= 11 is 0. The molecule has 4 nitrogen and oxygen atoms in total. The van der Waals surface area contributed by atoms with Gasteiger partial charge in [-0.05, 0) is 32.3 Å². The molecule has 1 aromatic heterocycles. The van der Waals surface area contributed by atoms with Crippen molar-refractivity contribution in [1.29, 1.82) is 0 Å². The Hall–Kier alpha value is -1.29. The lowest BCUT2D eigenvalue weighted by Crippen LogP contribution is -2.04. The minimum Gasteiger partial charge on any atom is -0.493 e. The molecule has 0 aliphatic rings. The van der Waals surface area contributed by atoms with Crippen molar-refractivity contribution >= 4 is 5.69 Å². The van der Waals surface area contributed by atoms with E-state index in [1.54, 1.807) is 13.3 Å². The van der Waals surface area contributed by atoms with Gasteiger partial charge < -0.3 is 15.2 Å². The van der Waals surface area contributed by atoms with Gasteiger partial charge >= 0.3 is 0 Å². The minimum atomic E-state index is 0.275. The lowest BCUT2D eigenvalue weighted by atomic mass is 10.2. The van der Waals surface area contributed by atoms with Crippen LogP contribution in [0.3, 0.4) is 0 Å². The summed E-state index contributed by atoms with van der Waals surface area (Å²) in [6, 6.07) is 1.98. The normalized spacial score (nSPS) is 10.2. The topological polar surface area (TPSA) is 54.4 Å². The van der Waals surface area contributed by atoms with E-state index in [1.807, 2.05) is 13.0 Å². The van der Waals surface area contributed by atoms with Gasteiger partial charge in [0.25, 0.3) is 0 Å². The Morgan fingerprint density at radius 1 is 1.38 bits per heavy atom. The van der Waals surface area contributed by atoms with Crippen molar-refractivity contribution in [2.75, 3.05) is 25.6 Å². The molecule has 90 valence electrons. The van der Waals surface area contributed by atoms with E-state index in [2.05, 4.69) is 10.3 Å². The average Bonchev–Trinajstić information content (AvgIpc) is 2.29. The highest BCUT2D eigenvalue weighted by Crippen LogP contribution is 2.23. The third-order valence-corrected chi connectivity index (χ3v) is 2.37. The summed E-state index contributed by atoms with van der Waals surface area (Å²) in [5.41, 5.74) is 1.96. The molecule has 0 saturated heterocycles. The summed E-state index contributed by atoms with van der Waals surface area (Å²) in [5, 5.41) is 12.0. The molecule has 0 radical (unpaired) electrons. The summed E-state index contributed by atoms with van der Waals surface area (Å²) in [6.07, 6.45) is 4.68. The van der Waals surface area contributed by atoms with Crippen molar-refractivity contribution in [3.8, 4) is 5.75 Å². The van der Waals surface area contributed by atoms with Gasteiger partial charge in [0.1, 0.15) is 0 Å². The van der Waals surface area contributed by atoms with Crippen LogP contribution in [0.2, 0.25) is 0 Å². The molecule has 1 rings (SSSR count). The van der Waals surface area contributed by atoms with Gasteiger partial charge in [-0.3, -0.25) is 4.98 Å². The number of anilines is 1. The number of unbranched alkanes of at least 4 members (excludes halogenated alkanes) is 2. The highest BCUT2D eigenvalue weighted by molar-refractivity contribution is 5.55. The summed E-state index contributed by atoms with van der Waals surface area (Å²) in [6.45, 7) is 3.12. The first-order valence-corrected chi connectivity index (χ1v) is 5.63. The number of nitrogens with one attached hydrogen (secondary N) is 1. The van der Waals surface area contributed by atoms with E-state index >= 15 is 0 Å². The number of methoxy groups -OCH3 is 1. The highest BCUT2D eigenvalue weighted by atomic mass is 16.5. The number of aryl methyl sites for hydroxylation is 1. The fraction of sp³-hybridized carbons (Fsp3) is 0.583. The molecule has 0 fully saturated rings. The van der Waals surface area contributed by atoms with E-state index < -0.39 is 0 Å². The first-order valence-electron chi connectivity index (χ1n) is 5.63. The molecule has 0 bridgehead atoms. The zero-order valence-corrected chi connectivity index (χ0v) is 9.99. The van der Waals surface area contributed by atoms with Crippen LogP contribution >= 0.6 is 0 Å². The molecule has 1 aromatic rings. The van der Waals surface area contributed by atoms with Crippen LogP contribution in [0, 0.1) is 6.92 Å². The van der Waals surface area contributed by atoms with Crippen LogP contribution in [0.25, 0.3) is 0 Å². The van der Waals surface area contributed by atoms with Gasteiger partial charge in [0.15, 0.2) is 5.75 Å². The molecule has 0 saturated carbocycles. The number of pyridine rings is 1.